The van der Waals surface area contributed by atoms with Crippen LogP contribution in [0.4, 0.5) is 10.1 Å². The number of rotatable bonds is 4. The monoisotopic (exact) mass is 276 g/mol. The number of aliphatic hydroxyl groups is 1. The lowest BCUT2D eigenvalue weighted by Gasteiger charge is -2.19. The molecule has 1 unspecified atom stereocenters. The van der Waals surface area contributed by atoms with E-state index < -0.39 is 26.8 Å². The van der Waals surface area contributed by atoms with Crippen molar-refractivity contribution in [2.75, 3.05) is 19.3 Å². The third-order valence-corrected chi connectivity index (χ3v) is 4.28. The van der Waals surface area contributed by atoms with Crippen molar-refractivity contribution in [1.29, 1.82) is 0 Å². The molecule has 0 heterocycles. The van der Waals surface area contributed by atoms with Gasteiger partial charge in [-0.3, -0.25) is 0 Å². The summed E-state index contributed by atoms with van der Waals surface area (Å²) < 4.78 is 39.0. The highest BCUT2D eigenvalue weighted by atomic mass is 32.2. The number of likely N-dealkylation sites (N-methyl/N-ethyl adjacent to an activating group) is 1. The first kappa shape index (κ1) is 14.9. The van der Waals surface area contributed by atoms with E-state index in [1.165, 1.54) is 27.0 Å². The van der Waals surface area contributed by atoms with Crippen LogP contribution >= 0.6 is 0 Å². The molecule has 102 valence electrons. The molecule has 1 rings (SSSR count). The molecule has 0 spiro atoms. The molecular weight excluding hydrogens is 259 g/mol. The molecule has 0 aliphatic rings. The van der Waals surface area contributed by atoms with Crippen molar-refractivity contribution in [3.05, 3.63) is 23.5 Å². The van der Waals surface area contributed by atoms with Gasteiger partial charge in [0, 0.05) is 19.3 Å². The van der Waals surface area contributed by atoms with Gasteiger partial charge in [-0.15, -0.1) is 0 Å². The number of nitrogens with two attached hydrogens (primary N) is 1. The molecule has 0 saturated carbocycles. The molecule has 0 aromatic heterocycles. The molecule has 18 heavy (non-hydrogen) atoms. The lowest BCUT2D eigenvalue weighted by molar-refractivity contribution is 0.171. The van der Waals surface area contributed by atoms with Gasteiger partial charge in [-0.2, -0.15) is 4.31 Å². The van der Waals surface area contributed by atoms with Gasteiger partial charge in [-0.05, 0) is 31.5 Å². The molecule has 7 heteroatoms. The van der Waals surface area contributed by atoms with Crippen molar-refractivity contribution < 1.29 is 17.9 Å². The molecule has 0 aliphatic heterocycles. The van der Waals surface area contributed by atoms with Gasteiger partial charge in [0.15, 0.2) is 0 Å². The highest BCUT2D eigenvalue weighted by Crippen LogP contribution is 2.24. The Morgan fingerprint density at radius 1 is 1.50 bits per heavy atom. The first-order valence-corrected chi connectivity index (χ1v) is 6.80. The highest BCUT2D eigenvalue weighted by molar-refractivity contribution is 7.89. The Bertz CT molecular complexity index is 543. The largest absolute Gasteiger partial charge is 0.399 e. The van der Waals surface area contributed by atoms with Gasteiger partial charge < -0.3 is 10.8 Å². The Labute approximate surface area is 106 Å². The summed E-state index contributed by atoms with van der Waals surface area (Å²) >= 11 is 0. The summed E-state index contributed by atoms with van der Waals surface area (Å²) in [6, 6.07) is 2.44. The smallest absolute Gasteiger partial charge is 0.245 e. The fourth-order valence-corrected chi connectivity index (χ4v) is 3.01. The number of hydrogen-bond acceptors (Lipinski definition) is 4. The third-order valence-electron chi connectivity index (χ3n) is 2.45. The van der Waals surface area contributed by atoms with Crippen LogP contribution in [0.1, 0.15) is 12.5 Å². The molecule has 0 saturated heterocycles. The standard InChI is InChI=1S/C11H17FN2O3S/c1-7-4-9(13)5-10(11(7)12)18(16,17)14(3)6-8(2)15/h4-5,8,15H,6,13H2,1-3H3. The third kappa shape index (κ3) is 2.98. The predicted molar refractivity (Wildman–Crippen MR) is 67.0 cm³/mol. The number of anilines is 1. The van der Waals surface area contributed by atoms with E-state index in [-0.39, 0.29) is 17.8 Å². The second-order valence-corrected chi connectivity index (χ2v) is 6.30. The number of halogens is 1. The Kier molecular flexibility index (Phi) is 4.31. The van der Waals surface area contributed by atoms with Gasteiger partial charge in [0.05, 0.1) is 6.10 Å². The lowest BCUT2D eigenvalue weighted by atomic mass is 10.2. The highest BCUT2D eigenvalue weighted by Gasteiger charge is 2.26. The average molecular weight is 276 g/mol. The number of nitrogens with zero attached hydrogens (tertiary/aromatic N) is 1. The number of sulfonamides is 1. The summed E-state index contributed by atoms with van der Waals surface area (Å²) in [6.07, 6.45) is -0.838. The van der Waals surface area contributed by atoms with Gasteiger partial charge in [-0.25, -0.2) is 12.8 Å². The van der Waals surface area contributed by atoms with E-state index in [0.717, 1.165) is 10.4 Å². The first-order valence-electron chi connectivity index (χ1n) is 5.36. The lowest BCUT2D eigenvalue weighted by Crippen LogP contribution is -2.33. The van der Waals surface area contributed by atoms with E-state index in [2.05, 4.69) is 0 Å². The zero-order valence-electron chi connectivity index (χ0n) is 10.5. The molecule has 5 nitrogen and oxygen atoms in total. The molecule has 0 fully saturated rings. The van der Waals surface area contributed by atoms with Crippen LogP contribution in [0.25, 0.3) is 0 Å². The molecule has 0 bridgehead atoms. The molecule has 1 aromatic carbocycles. The van der Waals surface area contributed by atoms with Crippen molar-refractivity contribution in [2.24, 2.45) is 0 Å². The molecule has 1 aromatic rings. The van der Waals surface area contributed by atoms with E-state index in [1.807, 2.05) is 0 Å². The fraction of sp³-hybridized carbons (Fsp3) is 0.455. The SMILES string of the molecule is Cc1cc(N)cc(S(=O)(=O)N(C)CC(C)O)c1F. The molecule has 0 radical (unpaired) electrons. The average Bonchev–Trinajstić information content (AvgIpc) is 2.22. The van der Waals surface area contributed by atoms with Gasteiger partial charge in [0.25, 0.3) is 0 Å². The van der Waals surface area contributed by atoms with Gasteiger partial charge in [0.2, 0.25) is 10.0 Å². The van der Waals surface area contributed by atoms with E-state index in [0.29, 0.717) is 0 Å². The van der Waals surface area contributed by atoms with Crippen LogP contribution in [0, 0.1) is 12.7 Å². The zero-order valence-corrected chi connectivity index (χ0v) is 11.3. The quantitative estimate of drug-likeness (QED) is 0.794. The first-order chi connectivity index (χ1) is 8.16. The molecule has 0 aliphatic carbocycles. The van der Waals surface area contributed by atoms with Gasteiger partial charge >= 0.3 is 0 Å². The second kappa shape index (κ2) is 5.21. The molecule has 0 amide bonds. The summed E-state index contributed by atoms with van der Waals surface area (Å²) in [4.78, 5) is -0.469. The number of aliphatic hydroxyl groups excluding tert-OH is 1. The molecule has 1 atom stereocenters. The van der Waals surface area contributed by atoms with Crippen LogP contribution in [0.5, 0.6) is 0 Å². The number of hydrogen-bond donors (Lipinski definition) is 2. The van der Waals surface area contributed by atoms with Crippen LogP contribution in [0.3, 0.4) is 0 Å². The summed E-state index contributed by atoms with van der Waals surface area (Å²) in [5.74, 6) is -0.818. The summed E-state index contributed by atoms with van der Waals surface area (Å²) in [5.41, 5.74) is 5.87. The molecular formula is C11H17FN2O3S. The van der Waals surface area contributed by atoms with Crippen LogP contribution < -0.4 is 5.73 Å². The van der Waals surface area contributed by atoms with Crippen molar-refractivity contribution in [3.8, 4) is 0 Å². The van der Waals surface area contributed by atoms with Crippen LogP contribution in [-0.2, 0) is 10.0 Å². The Morgan fingerprint density at radius 3 is 2.56 bits per heavy atom. The zero-order chi connectivity index (χ0) is 14.1. The second-order valence-electron chi connectivity index (χ2n) is 4.28. The number of aryl methyl sites for hydroxylation is 1. The van der Waals surface area contributed by atoms with E-state index in [1.54, 1.807) is 0 Å². The maximum atomic E-state index is 13.9. The summed E-state index contributed by atoms with van der Waals surface area (Å²) in [5, 5.41) is 9.19. The maximum Gasteiger partial charge on any atom is 0.245 e. The minimum absolute atomic E-state index is 0.115. The van der Waals surface area contributed by atoms with Crippen molar-refractivity contribution in [1.82, 2.24) is 4.31 Å². The Hall–Kier alpha value is -1.18. The normalized spacial score (nSPS) is 13.9. The summed E-state index contributed by atoms with van der Waals surface area (Å²) in [7, 11) is -2.71. The fourth-order valence-electron chi connectivity index (χ4n) is 1.59. The van der Waals surface area contributed by atoms with Crippen molar-refractivity contribution >= 4 is 15.7 Å². The van der Waals surface area contributed by atoms with Crippen LogP contribution in [0.2, 0.25) is 0 Å². The number of nitrogen functional groups attached to an aromatic ring is 1. The Balaban J connectivity index is 3.29. The van der Waals surface area contributed by atoms with Crippen molar-refractivity contribution in [3.63, 3.8) is 0 Å². The van der Waals surface area contributed by atoms with E-state index in [9.17, 15) is 17.9 Å². The minimum Gasteiger partial charge on any atom is -0.399 e. The predicted octanol–water partition coefficient (Wildman–Crippen LogP) is 0.718. The van der Waals surface area contributed by atoms with E-state index >= 15 is 0 Å². The number of benzene rings is 1. The van der Waals surface area contributed by atoms with Crippen molar-refractivity contribution in [2.45, 2.75) is 24.8 Å². The maximum absolute atomic E-state index is 13.9. The summed E-state index contributed by atoms with van der Waals surface area (Å²) in [6.45, 7) is 2.78. The van der Waals surface area contributed by atoms with Gasteiger partial charge in [-0.1, -0.05) is 0 Å². The van der Waals surface area contributed by atoms with Crippen LogP contribution in [-0.4, -0.2) is 37.5 Å². The minimum atomic E-state index is -3.99. The Morgan fingerprint density at radius 2 is 2.06 bits per heavy atom. The van der Waals surface area contributed by atoms with Gasteiger partial charge in [0.1, 0.15) is 10.7 Å². The van der Waals surface area contributed by atoms with E-state index in [4.69, 9.17) is 5.73 Å². The molecule has 3 N–H and O–H groups in total. The van der Waals surface area contributed by atoms with Crippen LogP contribution in [0.15, 0.2) is 17.0 Å². The topological polar surface area (TPSA) is 83.6 Å².